The van der Waals surface area contributed by atoms with Crippen molar-refractivity contribution in [1.82, 2.24) is 20.6 Å². The van der Waals surface area contributed by atoms with Crippen molar-refractivity contribution >= 4 is 11.8 Å². The Morgan fingerprint density at radius 3 is 2.42 bits per heavy atom. The van der Waals surface area contributed by atoms with Gasteiger partial charge in [0.25, 0.3) is 0 Å². The molecule has 0 atom stereocenters. The van der Waals surface area contributed by atoms with Crippen LogP contribution in [0.2, 0.25) is 0 Å². The van der Waals surface area contributed by atoms with E-state index in [4.69, 9.17) is 0 Å². The van der Waals surface area contributed by atoms with Crippen LogP contribution in [0.3, 0.4) is 0 Å². The molecule has 1 rings (SSSR count). The Kier molecular flexibility index (Phi) is 5.54. The van der Waals surface area contributed by atoms with E-state index in [1.165, 1.54) is 0 Å². The van der Waals surface area contributed by atoms with Crippen LogP contribution < -0.4 is 10.9 Å². The third-order valence-corrected chi connectivity index (χ3v) is 2.59. The van der Waals surface area contributed by atoms with Crippen molar-refractivity contribution in [2.75, 3.05) is 0 Å². The van der Waals surface area contributed by atoms with Crippen LogP contribution in [0.5, 0.6) is 0 Å². The molecule has 2 N–H and O–H groups in total. The normalized spacial score (nSPS) is 10.6. The van der Waals surface area contributed by atoms with Crippen LogP contribution in [-0.4, -0.2) is 21.6 Å². The molecule has 2 amide bonds. The maximum atomic E-state index is 11.6. The van der Waals surface area contributed by atoms with Crippen molar-refractivity contribution in [2.24, 2.45) is 5.92 Å². The number of aryl methyl sites for hydroxylation is 3. The molecule has 1 aromatic rings. The minimum absolute atomic E-state index is 0.172. The van der Waals surface area contributed by atoms with Gasteiger partial charge in [0.05, 0.1) is 12.2 Å². The molecule has 1 heterocycles. The van der Waals surface area contributed by atoms with Gasteiger partial charge in [-0.2, -0.15) is 5.10 Å². The van der Waals surface area contributed by atoms with E-state index in [-0.39, 0.29) is 24.2 Å². The number of carbonyl (C=O) groups is 2. The number of nitrogens with zero attached hydrogens (tertiary/aromatic N) is 2. The van der Waals surface area contributed by atoms with Crippen molar-refractivity contribution in [3.8, 4) is 0 Å². The summed E-state index contributed by atoms with van der Waals surface area (Å²) in [7, 11) is 0. The Hall–Kier alpha value is -1.85. The topological polar surface area (TPSA) is 76.0 Å². The number of aromatic nitrogens is 2. The summed E-state index contributed by atoms with van der Waals surface area (Å²) in [6.45, 7) is 8.26. The van der Waals surface area contributed by atoms with Gasteiger partial charge in [-0.25, -0.2) is 0 Å². The maximum absolute atomic E-state index is 11.6. The number of nitrogens with one attached hydrogen (secondary N) is 2. The summed E-state index contributed by atoms with van der Waals surface area (Å²) in [5, 5.41) is 4.27. The zero-order valence-corrected chi connectivity index (χ0v) is 12.0. The lowest BCUT2D eigenvalue weighted by Gasteiger charge is -2.09. The Bertz CT molecular complexity index is 451. The average molecular weight is 266 g/mol. The molecule has 0 aliphatic carbocycles. The van der Waals surface area contributed by atoms with Gasteiger partial charge in [-0.3, -0.25) is 25.1 Å². The van der Waals surface area contributed by atoms with Gasteiger partial charge in [0.15, 0.2) is 0 Å². The van der Waals surface area contributed by atoms with Gasteiger partial charge in [-0.05, 0) is 25.8 Å². The molecular weight excluding hydrogens is 244 g/mol. The van der Waals surface area contributed by atoms with E-state index >= 15 is 0 Å². The minimum atomic E-state index is -0.218. The van der Waals surface area contributed by atoms with Gasteiger partial charge < -0.3 is 0 Å². The lowest BCUT2D eigenvalue weighted by atomic mass is 10.1. The predicted molar refractivity (Wildman–Crippen MR) is 72.1 cm³/mol. The Labute approximate surface area is 113 Å². The molecule has 1 aromatic heterocycles. The average Bonchev–Trinajstić information content (AvgIpc) is 2.61. The van der Waals surface area contributed by atoms with E-state index in [2.05, 4.69) is 16.0 Å². The fourth-order valence-electron chi connectivity index (χ4n) is 1.73. The third kappa shape index (κ3) is 5.54. The van der Waals surface area contributed by atoms with Crippen LogP contribution in [0.25, 0.3) is 0 Å². The zero-order chi connectivity index (χ0) is 14.4. The number of hydrogen-bond acceptors (Lipinski definition) is 3. The van der Waals surface area contributed by atoms with Gasteiger partial charge in [0.1, 0.15) is 0 Å². The number of rotatable bonds is 5. The summed E-state index contributed by atoms with van der Waals surface area (Å²) in [4.78, 5) is 22.9. The number of carbonyl (C=O) groups excluding carboxylic acids is 2. The molecule has 6 heteroatoms. The van der Waals surface area contributed by atoms with Crippen molar-refractivity contribution in [2.45, 2.75) is 47.1 Å². The quantitative estimate of drug-likeness (QED) is 0.783. The number of hydrazine groups is 1. The lowest BCUT2D eigenvalue weighted by Crippen LogP contribution is -2.42. The standard InChI is InChI=1S/C13H22N4O2/c1-9(2)7-13(19)15-14-12(18)5-6-17-11(4)8-10(3)16-17/h8-9H,5-7H2,1-4H3,(H,14,18)(H,15,19). The monoisotopic (exact) mass is 266 g/mol. The number of hydrogen-bond donors (Lipinski definition) is 2. The highest BCUT2D eigenvalue weighted by Gasteiger charge is 2.08. The van der Waals surface area contributed by atoms with E-state index in [9.17, 15) is 9.59 Å². The summed E-state index contributed by atoms with van der Waals surface area (Å²) in [6.07, 6.45) is 0.682. The first kappa shape index (κ1) is 15.2. The van der Waals surface area contributed by atoms with Gasteiger partial charge >= 0.3 is 0 Å². The summed E-state index contributed by atoms with van der Waals surface area (Å²) in [5.41, 5.74) is 6.76. The van der Waals surface area contributed by atoms with E-state index < -0.39 is 0 Å². The highest BCUT2D eigenvalue weighted by molar-refractivity contribution is 5.81. The second-order valence-corrected chi connectivity index (χ2v) is 5.09. The Morgan fingerprint density at radius 1 is 1.26 bits per heavy atom. The predicted octanol–water partition coefficient (Wildman–Crippen LogP) is 1.08. The molecule has 0 bridgehead atoms. The molecule has 0 aliphatic rings. The van der Waals surface area contributed by atoms with Crippen LogP contribution in [0.4, 0.5) is 0 Å². The maximum Gasteiger partial charge on any atom is 0.240 e. The van der Waals surface area contributed by atoms with E-state index in [0.29, 0.717) is 13.0 Å². The highest BCUT2D eigenvalue weighted by Crippen LogP contribution is 2.02. The molecule has 0 saturated heterocycles. The van der Waals surface area contributed by atoms with Crippen LogP contribution in [0.15, 0.2) is 6.07 Å². The van der Waals surface area contributed by atoms with Gasteiger partial charge in [0.2, 0.25) is 11.8 Å². The molecule has 0 radical (unpaired) electrons. The second-order valence-electron chi connectivity index (χ2n) is 5.09. The second kappa shape index (κ2) is 6.92. The molecule has 19 heavy (non-hydrogen) atoms. The Balaban J connectivity index is 2.28. The van der Waals surface area contributed by atoms with Gasteiger partial charge in [-0.15, -0.1) is 0 Å². The minimum Gasteiger partial charge on any atom is -0.273 e. The van der Waals surface area contributed by atoms with Crippen LogP contribution >= 0.6 is 0 Å². The van der Waals surface area contributed by atoms with Crippen LogP contribution in [0.1, 0.15) is 38.1 Å². The number of amides is 2. The van der Waals surface area contributed by atoms with Crippen molar-refractivity contribution in [3.63, 3.8) is 0 Å². The summed E-state index contributed by atoms with van der Waals surface area (Å²) >= 11 is 0. The summed E-state index contributed by atoms with van der Waals surface area (Å²) < 4.78 is 1.78. The molecule has 106 valence electrons. The largest absolute Gasteiger partial charge is 0.273 e. The van der Waals surface area contributed by atoms with E-state index in [1.54, 1.807) is 4.68 Å². The smallest absolute Gasteiger partial charge is 0.240 e. The molecular formula is C13H22N4O2. The lowest BCUT2D eigenvalue weighted by molar-refractivity contribution is -0.129. The first-order chi connectivity index (χ1) is 8.88. The van der Waals surface area contributed by atoms with Crippen molar-refractivity contribution in [1.29, 1.82) is 0 Å². The Morgan fingerprint density at radius 2 is 1.89 bits per heavy atom. The molecule has 0 aromatic carbocycles. The van der Waals surface area contributed by atoms with Crippen molar-refractivity contribution < 1.29 is 9.59 Å². The molecule has 0 fully saturated rings. The van der Waals surface area contributed by atoms with E-state index in [0.717, 1.165) is 11.4 Å². The molecule has 0 unspecified atom stereocenters. The van der Waals surface area contributed by atoms with Crippen LogP contribution in [0, 0.1) is 19.8 Å². The van der Waals surface area contributed by atoms with Crippen molar-refractivity contribution in [3.05, 3.63) is 17.5 Å². The molecule has 0 saturated carbocycles. The highest BCUT2D eigenvalue weighted by atomic mass is 16.2. The fourth-order valence-corrected chi connectivity index (χ4v) is 1.73. The zero-order valence-electron chi connectivity index (χ0n) is 12.0. The molecule has 0 spiro atoms. The first-order valence-corrected chi connectivity index (χ1v) is 6.47. The molecule has 6 nitrogen and oxygen atoms in total. The van der Waals surface area contributed by atoms with E-state index in [1.807, 2.05) is 33.8 Å². The third-order valence-electron chi connectivity index (χ3n) is 2.59. The summed E-state index contributed by atoms with van der Waals surface area (Å²) in [5.74, 6) is -0.120. The fraction of sp³-hybridized carbons (Fsp3) is 0.615. The first-order valence-electron chi connectivity index (χ1n) is 6.47. The summed E-state index contributed by atoms with van der Waals surface area (Å²) in [6, 6.07) is 1.96. The van der Waals surface area contributed by atoms with Gasteiger partial charge in [-0.1, -0.05) is 13.8 Å². The molecule has 0 aliphatic heterocycles. The van der Waals surface area contributed by atoms with Gasteiger partial charge in [0, 0.05) is 18.5 Å². The SMILES string of the molecule is Cc1cc(C)n(CCC(=O)NNC(=O)CC(C)C)n1. The van der Waals surface area contributed by atoms with Crippen LogP contribution in [-0.2, 0) is 16.1 Å².